The number of hydrogen-bond acceptors (Lipinski definition) is 6. The van der Waals surface area contributed by atoms with Gasteiger partial charge in [-0.15, -0.1) is 0 Å². The quantitative estimate of drug-likeness (QED) is 0.860. The minimum absolute atomic E-state index is 0.467. The Balaban J connectivity index is 1.87. The molecule has 0 radical (unpaired) electrons. The number of aliphatic hydroxyl groups is 1. The lowest BCUT2D eigenvalue weighted by Crippen LogP contribution is -2.11. The molecule has 2 N–H and O–H groups in total. The molecule has 0 amide bonds. The Kier molecular flexibility index (Phi) is 3.87. The number of anilines is 1. The number of nitrogens with zero attached hydrogens (tertiary/aromatic N) is 2. The lowest BCUT2D eigenvalue weighted by Gasteiger charge is -2.08. The van der Waals surface area contributed by atoms with Gasteiger partial charge in [-0.1, -0.05) is 6.92 Å². The fourth-order valence-electron chi connectivity index (χ4n) is 1.24. The highest BCUT2D eigenvalue weighted by molar-refractivity contribution is 7.09. The van der Waals surface area contributed by atoms with Crippen LogP contribution in [0.25, 0.3) is 0 Å². The van der Waals surface area contributed by atoms with Crippen molar-refractivity contribution in [1.29, 1.82) is 0 Å². The molecular weight excluding hydrogens is 242 g/mol. The van der Waals surface area contributed by atoms with Crippen molar-refractivity contribution >= 4 is 28.0 Å². The summed E-state index contributed by atoms with van der Waals surface area (Å²) in [6.45, 7) is 2.49. The highest BCUT2D eigenvalue weighted by Crippen LogP contribution is 2.18. The molecule has 2 aromatic heterocycles. The maximum absolute atomic E-state index is 9.84. The van der Waals surface area contributed by atoms with E-state index in [2.05, 4.69) is 14.7 Å². The molecular formula is C10H13N3OS2. The molecule has 0 bridgehead atoms. The number of thiophene rings is 1. The second kappa shape index (κ2) is 5.38. The maximum atomic E-state index is 9.84. The van der Waals surface area contributed by atoms with Crippen LogP contribution >= 0.6 is 22.9 Å². The van der Waals surface area contributed by atoms with Crippen molar-refractivity contribution in [2.75, 3.05) is 11.9 Å². The Morgan fingerprint density at radius 1 is 1.56 bits per heavy atom. The average Bonchev–Trinajstić information content (AvgIpc) is 2.96. The summed E-state index contributed by atoms with van der Waals surface area (Å²) in [4.78, 5) is 4.27. The first-order chi connectivity index (χ1) is 7.79. The summed E-state index contributed by atoms with van der Waals surface area (Å²) >= 11 is 2.92. The number of aryl methyl sites for hydroxylation is 1. The van der Waals surface area contributed by atoms with Crippen LogP contribution in [0.2, 0.25) is 0 Å². The Bertz CT molecular complexity index is 427. The first-order valence-electron chi connectivity index (χ1n) is 5.06. The van der Waals surface area contributed by atoms with E-state index >= 15 is 0 Å². The van der Waals surface area contributed by atoms with Crippen molar-refractivity contribution in [3.8, 4) is 0 Å². The SMILES string of the molecule is CCc1nsc(NCC(O)c2ccsc2)n1. The molecule has 1 atom stereocenters. The Morgan fingerprint density at radius 2 is 2.44 bits per heavy atom. The summed E-state index contributed by atoms with van der Waals surface area (Å²) in [7, 11) is 0. The number of aliphatic hydroxyl groups excluding tert-OH is 1. The van der Waals surface area contributed by atoms with Crippen LogP contribution in [0.1, 0.15) is 24.4 Å². The van der Waals surface area contributed by atoms with Gasteiger partial charge in [0, 0.05) is 24.5 Å². The van der Waals surface area contributed by atoms with Crippen molar-refractivity contribution in [2.24, 2.45) is 0 Å². The summed E-state index contributed by atoms with van der Waals surface area (Å²) in [5, 5.41) is 17.6. The topological polar surface area (TPSA) is 58.0 Å². The molecule has 6 heteroatoms. The normalized spacial score (nSPS) is 12.6. The van der Waals surface area contributed by atoms with Gasteiger partial charge in [0.2, 0.25) is 5.13 Å². The highest BCUT2D eigenvalue weighted by Gasteiger charge is 2.09. The van der Waals surface area contributed by atoms with Gasteiger partial charge in [-0.2, -0.15) is 15.7 Å². The van der Waals surface area contributed by atoms with Gasteiger partial charge < -0.3 is 10.4 Å². The van der Waals surface area contributed by atoms with Crippen LogP contribution in [-0.4, -0.2) is 21.0 Å². The zero-order valence-corrected chi connectivity index (χ0v) is 10.5. The summed E-state index contributed by atoms with van der Waals surface area (Å²) in [5.41, 5.74) is 0.942. The van der Waals surface area contributed by atoms with E-state index in [4.69, 9.17) is 0 Å². The number of rotatable bonds is 5. The van der Waals surface area contributed by atoms with E-state index < -0.39 is 6.10 Å². The average molecular weight is 255 g/mol. The fraction of sp³-hybridized carbons (Fsp3) is 0.400. The van der Waals surface area contributed by atoms with Gasteiger partial charge in [-0.05, 0) is 22.4 Å². The van der Waals surface area contributed by atoms with E-state index in [1.807, 2.05) is 23.8 Å². The number of aromatic nitrogens is 2. The van der Waals surface area contributed by atoms with Crippen LogP contribution in [0.5, 0.6) is 0 Å². The lowest BCUT2D eigenvalue weighted by atomic mass is 10.2. The molecule has 2 heterocycles. The maximum Gasteiger partial charge on any atom is 0.202 e. The molecule has 1 unspecified atom stereocenters. The lowest BCUT2D eigenvalue weighted by molar-refractivity contribution is 0.192. The Labute approximate surface area is 102 Å². The van der Waals surface area contributed by atoms with Crippen LogP contribution in [0.3, 0.4) is 0 Å². The molecule has 86 valence electrons. The Morgan fingerprint density at radius 3 is 3.06 bits per heavy atom. The molecule has 0 fully saturated rings. The van der Waals surface area contributed by atoms with Crippen LogP contribution in [-0.2, 0) is 6.42 Å². The third-order valence-corrected chi connectivity index (χ3v) is 3.57. The fourth-order valence-corrected chi connectivity index (χ4v) is 2.60. The van der Waals surface area contributed by atoms with Gasteiger partial charge in [0.1, 0.15) is 5.82 Å². The molecule has 4 nitrogen and oxygen atoms in total. The molecule has 16 heavy (non-hydrogen) atoms. The van der Waals surface area contributed by atoms with Crippen LogP contribution in [0, 0.1) is 0 Å². The van der Waals surface area contributed by atoms with Crippen molar-refractivity contribution in [3.63, 3.8) is 0 Å². The molecule has 0 saturated carbocycles. The van der Waals surface area contributed by atoms with Crippen molar-refractivity contribution in [1.82, 2.24) is 9.36 Å². The van der Waals surface area contributed by atoms with Gasteiger partial charge in [0.05, 0.1) is 6.10 Å². The van der Waals surface area contributed by atoms with Crippen molar-refractivity contribution < 1.29 is 5.11 Å². The minimum atomic E-state index is -0.486. The summed E-state index contributed by atoms with van der Waals surface area (Å²) < 4.78 is 4.16. The molecule has 0 aliphatic rings. The smallest absolute Gasteiger partial charge is 0.202 e. The van der Waals surface area contributed by atoms with Crippen LogP contribution in [0.15, 0.2) is 16.8 Å². The summed E-state index contributed by atoms with van der Waals surface area (Å²) in [5.74, 6) is 0.845. The first-order valence-corrected chi connectivity index (χ1v) is 6.78. The largest absolute Gasteiger partial charge is 0.387 e. The van der Waals surface area contributed by atoms with Crippen molar-refractivity contribution in [2.45, 2.75) is 19.4 Å². The van der Waals surface area contributed by atoms with Gasteiger partial charge in [-0.25, -0.2) is 4.98 Å². The molecule has 0 spiro atoms. The standard InChI is InChI=1S/C10H13N3OS2/c1-2-9-12-10(16-13-9)11-5-8(14)7-3-4-15-6-7/h3-4,6,8,14H,2,5H2,1H3,(H,11,12,13). The van der Waals surface area contributed by atoms with Gasteiger partial charge in [-0.3, -0.25) is 0 Å². The predicted molar refractivity (Wildman–Crippen MR) is 67.1 cm³/mol. The predicted octanol–water partition coefficient (Wildman–Crippen LogP) is 2.31. The second-order valence-corrected chi connectivity index (χ2v) is 4.85. The molecule has 2 rings (SSSR count). The monoisotopic (exact) mass is 255 g/mol. The molecule has 0 aliphatic heterocycles. The molecule has 0 saturated heterocycles. The van der Waals surface area contributed by atoms with Crippen LogP contribution in [0.4, 0.5) is 5.13 Å². The van der Waals surface area contributed by atoms with Crippen molar-refractivity contribution in [3.05, 3.63) is 28.2 Å². The molecule has 2 aromatic rings. The number of hydrogen-bond donors (Lipinski definition) is 2. The number of nitrogens with one attached hydrogen (secondary N) is 1. The van der Waals surface area contributed by atoms with E-state index in [9.17, 15) is 5.11 Å². The zero-order valence-electron chi connectivity index (χ0n) is 8.88. The third-order valence-electron chi connectivity index (χ3n) is 2.16. The summed E-state index contributed by atoms with van der Waals surface area (Å²) in [6.07, 6.45) is 0.353. The van der Waals surface area contributed by atoms with E-state index in [0.717, 1.165) is 22.9 Å². The second-order valence-electron chi connectivity index (χ2n) is 3.32. The third kappa shape index (κ3) is 2.78. The molecule has 0 aliphatic carbocycles. The summed E-state index contributed by atoms with van der Waals surface area (Å²) in [6, 6.07) is 1.93. The van der Waals surface area contributed by atoms with E-state index in [-0.39, 0.29) is 0 Å². The minimum Gasteiger partial charge on any atom is -0.387 e. The van der Waals surface area contributed by atoms with Gasteiger partial charge in [0.15, 0.2) is 0 Å². The first kappa shape index (κ1) is 11.5. The van der Waals surface area contributed by atoms with Gasteiger partial charge >= 0.3 is 0 Å². The zero-order chi connectivity index (χ0) is 11.4. The molecule has 0 aromatic carbocycles. The van der Waals surface area contributed by atoms with E-state index in [1.165, 1.54) is 11.5 Å². The highest BCUT2D eigenvalue weighted by atomic mass is 32.1. The van der Waals surface area contributed by atoms with E-state index in [1.54, 1.807) is 11.3 Å². The van der Waals surface area contributed by atoms with Crippen LogP contribution < -0.4 is 5.32 Å². The van der Waals surface area contributed by atoms with E-state index in [0.29, 0.717) is 6.54 Å². The Hall–Kier alpha value is -0.980. The van der Waals surface area contributed by atoms with Gasteiger partial charge in [0.25, 0.3) is 0 Å².